The van der Waals surface area contributed by atoms with Gasteiger partial charge in [-0.25, -0.2) is 26.3 Å². The van der Waals surface area contributed by atoms with Gasteiger partial charge in [0.2, 0.25) is 35.0 Å². The van der Waals surface area contributed by atoms with E-state index in [0.717, 1.165) is 17.2 Å². The fourth-order valence-corrected chi connectivity index (χ4v) is 1.49. The summed E-state index contributed by atoms with van der Waals surface area (Å²) in [5.41, 5.74) is 3.07. The van der Waals surface area contributed by atoms with Crippen molar-refractivity contribution in [2.75, 3.05) is 0 Å². The van der Waals surface area contributed by atoms with Crippen molar-refractivity contribution in [1.29, 1.82) is 0 Å². The molecule has 0 atom stereocenters. The van der Waals surface area contributed by atoms with Gasteiger partial charge in [0.05, 0.1) is 0 Å². The monoisotopic (exact) mass is 780 g/mol. The molecular weight excluding hydrogens is 781 g/mol. The van der Waals surface area contributed by atoms with Gasteiger partial charge in [-0.1, -0.05) is 0 Å². The van der Waals surface area contributed by atoms with Crippen LogP contribution in [0.25, 0.3) is 0 Å². The second-order valence-electron chi connectivity index (χ2n) is 5.08. The van der Waals surface area contributed by atoms with Crippen LogP contribution in [-0.2, 0) is 0 Å². The van der Waals surface area contributed by atoms with Crippen molar-refractivity contribution < 1.29 is 90.7 Å². The molecule has 196 valence electrons. The topological polar surface area (TPSA) is 0 Å². The Morgan fingerprint density at radius 1 is 0.278 bits per heavy atom. The van der Waals surface area contributed by atoms with Crippen molar-refractivity contribution in [3.63, 3.8) is 0 Å². The van der Waals surface area contributed by atoms with Gasteiger partial charge in [-0.05, 0) is 17.2 Å². The van der Waals surface area contributed by atoms with Crippen LogP contribution in [0.15, 0.2) is 87.1 Å². The first-order valence-electron chi connectivity index (χ1n) is 7.33. The summed E-state index contributed by atoms with van der Waals surface area (Å²) in [6.45, 7) is 0. The summed E-state index contributed by atoms with van der Waals surface area (Å²) in [6.07, 6.45) is -6.20. The smallest absolute Gasteiger partial charge is 1.00 e. The molecule has 18 heteroatoms. The van der Waals surface area contributed by atoms with E-state index >= 15 is 0 Å². The molecule has 0 N–H and O–H groups in total. The third-order valence-corrected chi connectivity index (χ3v) is 2.97. The molecule has 36 heavy (non-hydrogen) atoms. The molecule has 0 aromatic heterocycles. The molecule has 0 saturated heterocycles. The minimum Gasteiger partial charge on any atom is -1.00 e. The van der Waals surface area contributed by atoms with Gasteiger partial charge in [-0.3, -0.25) is 0 Å². The van der Waals surface area contributed by atoms with Crippen molar-refractivity contribution in [2.45, 2.75) is 0 Å². The van der Waals surface area contributed by atoms with Crippen molar-refractivity contribution in [3.05, 3.63) is 106 Å². The maximum absolute atomic E-state index is 12.0. The molecule has 0 heterocycles. The number of rotatable bonds is 0. The zero-order chi connectivity index (χ0) is 25.8. The number of hydrogen-bond donors (Lipinski definition) is 0. The van der Waals surface area contributed by atoms with Crippen LogP contribution in [0.4, 0.5) is 65.9 Å². The maximum Gasteiger partial charge on any atom is 2.00 e. The summed E-state index contributed by atoms with van der Waals surface area (Å²) in [6, 6.07) is 0. The molecule has 0 spiro atoms. The summed E-state index contributed by atoms with van der Waals surface area (Å²) in [4.78, 5) is 0. The molecule has 3 aliphatic rings. The second kappa shape index (κ2) is 16.1. The van der Waals surface area contributed by atoms with Gasteiger partial charge in [-0.15, -0.1) is 0 Å². The first kappa shape index (κ1) is 38.7. The molecule has 0 nitrogen and oxygen atoms in total. The second-order valence-corrected chi connectivity index (χ2v) is 5.08. The Morgan fingerprint density at radius 2 is 0.444 bits per heavy atom. The van der Waals surface area contributed by atoms with Gasteiger partial charge < -0.3 is 24.8 Å². The minimum absolute atomic E-state index is 0. The van der Waals surface area contributed by atoms with E-state index in [-0.39, 0.29) is 51.0 Å². The Kier molecular flexibility index (Phi) is 17.3. The Hall–Kier alpha value is -1.81. The first-order valence-corrected chi connectivity index (χ1v) is 7.33. The van der Waals surface area contributed by atoms with Crippen LogP contribution in [0.2, 0.25) is 0 Å². The average Bonchev–Trinajstić information content (AvgIpc) is 2.77. The van der Waals surface area contributed by atoms with E-state index in [1.807, 2.05) is 0 Å². The van der Waals surface area contributed by atoms with Crippen LogP contribution in [0, 0.1) is 18.5 Å². The number of hydrogen-bond acceptors (Lipinski definition) is 0. The number of allylic oxidation sites excluding steroid dienone is 9. The van der Waals surface area contributed by atoms with E-state index in [4.69, 9.17) is 0 Å². The SMILES string of the molecule is F[C]1C(F)=C=C(F)C(F)=C1F.F[C]1C(F)=C=C(F)C(F)=C1F.F[C]1C(F)=C=C(F)C(F)=C1F.[Bi+2].[Cl-].[Cl-]. The van der Waals surface area contributed by atoms with Crippen LogP contribution in [0.3, 0.4) is 0 Å². The summed E-state index contributed by atoms with van der Waals surface area (Å²) in [5.74, 6) is -23.9. The molecular formula is C18BiCl2F15. The maximum atomic E-state index is 12.0. The summed E-state index contributed by atoms with van der Waals surface area (Å²) in [7, 11) is 0. The molecule has 0 fully saturated rings. The Balaban J connectivity index is -0.000000436. The molecule has 0 bridgehead atoms. The van der Waals surface area contributed by atoms with E-state index in [0.29, 0.717) is 0 Å². The normalized spacial score (nSPS) is 18.4. The summed E-state index contributed by atoms with van der Waals surface area (Å²) in [5, 5.41) is 0. The predicted molar refractivity (Wildman–Crippen MR) is 84.8 cm³/mol. The zero-order valence-corrected chi connectivity index (χ0v) is 20.9. The Labute approximate surface area is 222 Å². The number of halogens is 17. The predicted octanol–water partition coefficient (Wildman–Crippen LogP) is 2.50. The van der Waals surface area contributed by atoms with Crippen LogP contribution in [0.1, 0.15) is 0 Å². The van der Waals surface area contributed by atoms with E-state index in [1.54, 1.807) is 0 Å². The van der Waals surface area contributed by atoms with Gasteiger partial charge in [-0.2, -0.15) is 39.5 Å². The van der Waals surface area contributed by atoms with Crippen molar-refractivity contribution in [3.8, 4) is 0 Å². The molecule has 3 aliphatic carbocycles. The minimum atomic E-state index is -2.17. The summed E-state index contributed by atoms with van der Waals surface area (Å²) < 4.78 is 180. The van der Waals surface area contributed by atoms with E-state index in [2.05, 4.69) is 0 Å². The molecule has 0 aliphatic heterocycles. The summed E-state index contributed by atoms with van der Waals surface area (Å²) >= 11 is 0. The van der Waals surface area contributed by atoms with Gasteiger partial charge in [0.25, 0.3) is 18.5 Å². The first-order chi connectivity index (χ1) is 15.1. The van der Waals surface area contributed by atoms with E-state index in [9.17, 15) is 65.9 Å². The fraction of sp³-hybridized carbons (Fsp3) is 0. The molecule has 0 aromatic carbocycles. The van der Waals surface area contributed by atoms with Gasteiger partial charge in [0, 0.05) is 0 Å². The third-order valence-electron chi connectivity index (χ3n) is 2.97. The molecule has 0 amide bonds. The third kappa shape index (κ3) is 9.25. The van der Waals surface area contributed by atoms with Gasteiger partial charge >= 0.3 is 26.2 Å². The average molecular weight is 781 g/mol. The Bertz CT molecular complexity index is 1000. The van der Waals surface area contributed by atoms with Crippen LogP contribution in [-0.4, -0.2) is 26.2 Å². The van der Waals surface area contributed by atoms with E-state index < -0.39 is 88.4 Å². The van der Waals surface area contributed by atoms with Gasteiger partial charge in [0.15, 0.2) is 35.0 Å². The quantitative estimate of drug-likeness (QED) is 0.202. The van der Waals surface area contributed by atoms with Gasteiger partial charge in [0.1, 0.15) is 0 Å². The van der Waals surface area contributed by atoms with Crippen LogP contribution < -0.4 is 24.8 Å². The van der Waals surface area contributed by atoms with Crippen molar-refractivity contribution >= 4 is 26.2 Å². The standard InChI is InChI=1S/3C6F5.Bi.2ClH/c3*7-2-1-3(8)5(10)6(11)4(2)9;;;/h;;;;2*1H/q;;;+2;;/p-2. The van der Waals surface area contributed by atoms with Crippen LogP contribution >= 0.6 is 0 Å². The Morgan fingerprint density at radius 3 is 0.611 bits per heavy atom. The molecule has 6 radical (unpaired) electrons. The van der Waals surface area contributed by atoms with Crippen LogP contribution in [0.5, 0.6) is 0 Å². The zero-order valence-electron chi connectivity index (χ0n) is 15.9. The van der Waals surface area contributed by atoms with Crippen molar-refractivity contribution in [1.82, 2.24) is 0 Å². The molecule has 3 rings (SSSR count). The molecule has 0 unspecified atom stereocenters. The molecule has 0 saturated carbocycles. The van der Waals surface area contributed by atoms with Crippen molar-refractivity contribution in [2.24, 2.45) is 0 Å². The molecule has 0 aromatic rings. The fourth-order valence-electron chi connectivity index (χ4n) is 1.49. The largest absolute Gasteiger partial charge is 2.00 e. The van der Waals surface area contributed by atoms with E-state index in [1.165, 1.54) is 0 Å².